The number of allylic oxidation sites excluding steroid dienone is 8. The highest BCUT2D eigenvalue weighted by atomic mass is 32.1. The standard InChI is InChI=1S/C37H24N4S/c38-29-16-7-4-14-25(29)36-31(18-10-20-39-36)41-33-21-27-24-13-5-8-17-30(24)40(23-11-2-1-3-12-23)32(27)22-28(33)35-26-15-6-9-19-34(26)42-37(35)41/h1-22,38-39H/b36-25-,38-29?. The molecule has 2 N–H and O–H groups in total. The number of para-hydroxylation sites is 2. The smallest absolute Gasteiger partial charge is 0.109 e. The van der Waals surface area contributed by atoms with E-state index >= 15 is 0 Å². The fourth-order valence-corrected chi connectivity index (χ4v) is 7.82. The minimum absolute atomic E-state index is 0.499. The van der Waals surface area contributed by atoms with E-state index < -0.39 is 0 Å². The fourth-order valence-electron chi connectivity index (χ4n) is 6.57. The summed E-state index contributed by atoms with van der Waals surface area (Å²) in [4.78, 5) is 1.21. The molecule has 0 atom stereocenters. The summed E-state index contributed by atoms with van der Waals surface area (Å²) < 4.78 is 6.06. The van der Waals surface area contributed by atoms with E-state index in [0.717, 1.165) is 28.2 Å². The molecule has 4 aromatic carbocycles. The Morgan fingerprint density at radius 1 is 0.643 bits per heavy atom. The van der Waals surface area contributed by atoms with Crippen molar-refractivity contribution >= 4 is 75.8 Å². The van der Waals surface area contributed by atoms with Crippen molar-refractivity contribution in [2.24, 2.45) is 0 Å². The lowest BCUT2D eigenvalue weighted by Gasteiger charge is -2.21. The van der Waals surface area contributed by atoms with E-state index in [0.29, 0.717) is 5.71 Å². The predicted octanol–water partition coefficient (Wildman–Crippen LogP) is 9.46. The van der Waals surface area contributed by atoms with Gasteiger partial charge in [-0.05, 0) is 54.6 Å². The maximum Gasteiger partial charge on any atom is 0.109 e. The van der Waals surface area contributed by atoms with Gasteiger partial charge in [0.15, 0.2) is 0 Å². The van der Waals surface area contributed by atoms with Crippen molar-refractivity contribution in [2.45, 2.75) is 0 Å². The lowest BCUT2D eigenvalue weighted by atomic mass is 10.0. The van der Waals surface area contributed by atoms with Crippen molar-refractivity contribution in [2.75, 3.05) is 0 Å². The van der Waals surface area contributed by atoms with E-state index in [2.05, 4.69) is 118 Å². The first-order valence-corrected chi connectivity index (χ1v) is 14.9. The van der Waals surface area contributed by atoms with Crippen molar-refractivity contribution in [1.29, 1.82) is 5.41 Å². The van der Waals surface area contributed by atoms with Gasteiger partial charge in [-0.25, -0.2) is 0 Å². The van der Waals surface area contributed by atoms with Gasteiger partial charge >= 0.3 is 0 Å². The summed E-state index contributed by atoms with van der Waals surface area (Å²) in [5.41, 5.74) is 8.06. The number of thiophene rings is 1. The molecule has 9 rings (SSSR count). The van der Waals surface area contributed by atoms with Crippen LogP contribution in [0.5, 0.6) is 0 Å². The quantitative estimate of drug-likeness (QED) is 0.219. The van der Waals surface area contributed by atoms with Gasteiger partial charge in [-0.2, -0.15) is 0 Å². The number of benzene rings is 4. The highest BCUT2D eigenvalue weighted by molar-refractivity contribution is 7.25. The van der Waals surface area contributed by atoms with E-state index in [1.807, 2.05) is 41.8 Å². The highest BCUT2D eigenvalue weighted by Gasteiger charge is 2.25. The monoisotopic (exact) mass is 556 g/mol. The lowest BCUT2D eigenvalue weighted by molar-refractivity contribution is 1.04. The number of fused-ring (bicyclic) bond motifs is 8. The number of nitrogens with one attached hydrogen (secondary N) is 2. The summed E-state index contributed by atoms with van der Waals surface area (Å²) in [5.74, 6) is 0. The minimum atomic E-state index is 0.499. The first-order chi connectivity index (χ1) is 20.8. The average Bonchev–Trinajstić information content (AvgIpc) is 3.67. The number of rotatable bonds is 2. The Kier molecular flexibility index (Phi) is 4.89. The molecule has 4 nitrogen and oxygen atoms in total. The molecule has 198 valence electrons. The molecule has 1 aliphatic heterocycles. The van der Waals surface area contributed by atoms with E-state index in [4.69, 9.17) is 5.41 Å². The Morgan fingerprint density at radius 2 is 1.38 bits per heavy atom. The molecule has 7 aromatic rings. The molecular formula is C37H24N4S. The molecule has 2 aliphatic rings. The molecular weight excluding hydrogens is 533 g/mol. The molecule has 1 aliphatic carbocycles. The Labute approximate surface area is 245 Å². The van der Waals surface area contributed by atoms with Gasteiger partial charge in [0.05, 0.1) is 33.7 Å². The number of hydrogen-bond acceptors (Lipinski definition) is 3. The molecule has 4 heterocycles. The maximum atomic E-state index is 8.70. The van der Waals surface area contributed by atoms with Crippen molar-refractivity contribution in [1.82, 2.24) is 14.5 Å². The third-order valence-electron chi connectivity index (χ3n) is 8.37. The van der Waals surface area contributed by atoms with Crippen LogP contribution in [0.2, 0.25) is 0 Å². The summed E-state index contributed by atoms with van der Waals surface area (Å²) in [6, 6.07) is 32.8. The molecule has 0 amide bonds. The molecule has 0 spiro atoms. The van der Waals surface area contributed by atoms with Gasteiger partial charge in [-0.3, -0.25) is 4.57 Å². The third kappa shape index (κ3) is 3.20. The highest BCUT2D eigenvalue weighted by Crippen LogP contribution is 2.46. The summed E-state index contributed by atoms with van der Waals surface area (Å²) in [6.07, 6.45) is 14.0. The van der Waals surface area contributed by atoms with E-state index in [-0.39, 0.29) is 0 Å². The summed E-state index contributed by atoms with van der Waals surface area (Å²) in [5, 5.41) is 18.4. The van der Waals surface area contributed by atoms with Crippen LogP contribution >= 0.6 is 11.3 Å². The summed E-state index contributed by atoms with van der Waals surface area (Å²) >= 11 is 1.83. The number of dihydropyridines is 1. The van der Waals surface area contributed by atoms with Crippen LogP contribution in [0.3, 0.4) is 0 Å². The van der Waals surface area contributed by atoms with E-state index in [9.17, 15) is 0 Å². The van der Waals surface area contributed by atoms with Crippen LogP contribution in [0.1, 0.15) is 0 Å². The van der Waals surface area contributed by atoms with Gasteiger partial charge in [0.2, 0.25) is 0 Å². The van der Waals surface area contributed by atoms with Crippen molar-refractivity contribution < 1.29 is 0 Å². The molecule has 5 heteroatoms. The maximum absolute atomic E-state index is 8.70. The minimum Gasteiger partial charge on any atom is -0.359 e. The molecule has 42 heavy (non-hydrogen) atoms. The van der Waals surface area contributed by atoms with Gasteiger partial charge in [0, 0.05) is 49.1 Å². The second kappa shape index (κ2) is 8.80. The van der Waals surface area contributed by atoms with Crippen LogP contribution in [0.15, 0.2) is 145 Å². The Morgan fingerprint density at radius 3 is 2.26 bits per heavy atom. The molecule has 0 saturated carbocycles. The Bertz CT molecular complexity index is 2440. The Balaban J connectivity index is 1.46. The van der Waals surface area contributed by atoms with Crippen LogP contribution in [0, 0.1) is 5.41 Å². The largest absolute Gasteiger partial charge is 0.359 e. The predicted molar refractivity (Wildman–Crippen MR) is 179 cm³/mol. The molecule has 0 fully saturated rings. The molecule has 0 radical (unpaired) electrons. The first-order valence-electron chi connectivity index (χ1n) is 14.0. The molecule has 0 bridgehead atoms. The van der Waals surface area contributed by atoms with Crippen LogP contribution in [0.4, 0.5) is 0 Å². The Hall–Kier alpha value is -5.39. The van der Waals surface area contributed by atoms with Crippen LogP contribution in [-0.2, 0) is 0 Å². The number of nitrogens with zero attached hydrogens (tertiary/aromatic N) is 2. The lowest BCUT2D eigenvalue weighted by Crippen LogP contribution is -2.19. The summed E-state index contributed by atoms with van der Waals surface area (Å²) in [6.45, 7) is 0. The second-order valence-electron chi connectivity index (χ2n) is 10.7. The zero-order chi connectivity index (χ0) is 27.8. The number of aromatic nitrogens is 2. The number of hydrogen-bond donors (Lipinski definition) is 2. The topological polar surface area (TPSA) is 45.7 Å². The zero-order valence-corrected chi connectivity index (χ0v) is 23.3. The average molecular weight is 557 g/mol. The van der Waals surface area contributed by atoms with Crippen molar-refractivity contribution in [3.05, 3.63) is 145 Å². The van der Waals surface area contributed by atoms with Gasteiger partial charge in [0.1, 0.15) is 4.83 Å². The van der Waals surface area contributed by atoms with Gasteiger partial charge < -0.3 is 15.3 Å². The molecule has 0 saturated heterocycles. The SMILES string of the molecule is N=C1C=CC=C/C1=C1/NC=CC=C1n1c2cc3c4ccccc4n(-c4ccccc4)c3cc2c2c3ccccc3sc21. The van der Waals surface area contributed by atoms with Crippen LogP contribution in [0.25, 0.3) is 64.4 Å². The van der Waals surface area contributed by atoms with Crippen LogP contribution < -0.4 is 5.32 Å². The van der Waals surface area contributed by atoms with Gasteiger partial charge in [-0.1, -0.05) is 72.8 Å². The normalized spacial score (nSPS) is 16.9. The second-order valence-corrected chi connectivity index (χ2v) is 11.7. The molecule has 3 aromatic heterocycles. The van der Waals surface area contributed by atoms with Gasteiger partial charge in [-0.15, -0.1) is 11.3 Å². The van der Waals surface area contributed by atoms with Crippen molar-refractivity contribution in [3.8, 4) is 5.69 Å². The first kappa shape index (κ1) is 23.3. The molecule has 0 unspecified atom stereocenters. The fraction of sp³-hybridized carbons (Fsp3) is 0. The third-order valence-corrected chi connectivity index (χ3v) is 9.52. The summed E-state index contributed by atoms with van der Waals surface area (Å²) in [7, 11) is 0. The van der Waals surface area contributed by atoms with E-state index in [1.54, 1.807) is 0 Å². The van der Waals surface area contributed by atoms with Crippen molar-refractivity contribution in [3.63, 3.8) is 0 Å². The van der Waals surface area contributed by atoms with E-state index in [1.165, 1.54) is 47.5 Å². The van der Waals surface area contributed by atoms with Crippen LogP contribution in [-0.4, -0.2) is 14.8 Å². The zero-order valence-electron chi connectivity index (χ0n) is 22.5. The van der Waals surface area contributed by atoms with Gasteiger partial charge in [0.25, 0.3) is 0 Å².